The third-order valence-corrected chi connectivity index (χ3v) is 6.02. The molecular weight excluding hydrogens is 362 g/mol. The molecule has 5 N–H and O–H groups in total. The van der Waals surface area contributed by atoms with Crippen LogP contribution in [0.1, 0.15) is 79.1 Å². The van der Waals surface area contributed by atoms with Crippen LogP contribution in [0.4, 0.5) is 0 Å². The molecule has 0 spiro atoms. The molecular formula is C24H53N3O2. The Labute approximate surface area is 181 Å². The number of rotatable bonds is 21. The second kappa shape index (κ2) is 19.7. The lowest BCUT2D eigenvalue weighted by Crippen LogP contribution is -2.39. The largest absolute Gasteiger partial charge is 0.396 e. The highest BCUT2D eigenvalue weighted by atomic mass is 16.3. The van der Waals surface area contributed by atoms with Gasteiger partial charge in [0.1, 0.15) is 0 Å². The van der Waals surface area contributed by atoms with E-state index in [9.17, 15) is 0 Å². The van der Waals surface area contributed by atoms with E-state index < -0.39 is 0 Å². The molecule has 0 radical (unpaired) electrons. The summed E-state index contributed by atoms with van der Waals surface area (Å²) in [5.41, 5.74) is 5.83. The number of unbranched alkanes of at least 4 members (excludes halogenated alkanes) is 2. The quantitative estimate of drug-likeness (QED) is 0.216. The standard InChI is InChI=1S/C24H53N3O2/c1-21(9-5-7-11-23(3)19-28)17-26-14-16-27(15-13-25)18-22(2)10-6-8-12-24(4)20-29/h21-24,26,28-29H,5-20,25H2,1-4H3. The van der Waals surface area contributed by atoms with E-state index in [0.717, 1.165) is 52.1 Å². The van der Waals surface area contributed by atoms with E-state index in [2.05, 4.69) is 37.9 Å². The van der Waals surface area contributed by atoms with Gasteiger partial charge in [-0.3, -0.25) is 0 Å². The van der Waals surface area contributed by atoms with E-state index in [1.165, 1.54) is 38.5 Å². The Balaban J connectivity index is 3.83. The molecule has 0 bridgehead atoms. The van der Waals surface area contributed by atoms with Crippen LogP contribution in [-0.2, 0) is 0 Å². The minimum atomic E-state index is 0.314. The molecule has 0 heterocycles. The number of hydrogen-bond acceptors (Lipinski definition) is 5. The van der Waals surface area contributed by atoms with Crippen LogP contribution in [0.3, 0.4) is 0 Å². The summed E-state index contributed by atoms with van der Waals surface area (Å²) in [7, 11) is 0. The van der Waals surface area contributed by atoms with E-state index in [1.807, 2.05) is 0 Å². The van der Waals surface area contributed by atoms with Gasteiger partial charge in [-0.1, -0.05) is 53.4 Å². The number of nitrogens with zero attached hydrogens (tertiary/aromatic N) is 1. The second-order valence-electron chi connectivity index (χ2n) is 9.65. The van der Waals surface area contributed by atoms with Crippen LogP contribution in [0, 0.1) is 23.7 Å². The number of aliphatic hydroxyl groups is 2. The molecule has 0 saturated carbocycles. The maximum atomic E-state index is 9.11. The molecule has 5 nitrogen and oxygen atoms in total. The van der Waals surface area contributed by atoms with Gasteiger partial charge in [0.2, 0.25) is 0 Å². The molecule has 0 saturated heterocycles. The van der Waals surface area contributed by atoms with Crippen molar-refractivity contribution in [3.8, 4) is 0 Å². The molecule has 0 fully saturated rings. The van der Waals surface area contributed by atoms with Gasteiger partial charge in [0.25, 0.3) is 0 Å². The lowest BCUT2D eigenvalue weighted by molar-refractivity contribution is 0.220. The first-order chi connectivity index (χ1) is 13.9. The Kier molecular flexibility index (Phi) is 19.6. The Morgan fingerprint density at radius 2 is 1.21 bits per heavy atom. The van der Waals surface area contributed by atoms with Gasteiger partial charge in [0.15, 0.2) is 0 Å². The summed E-state index contributed by atoms with van der Waals surface area (Å²) in [6.07, 6.45) is 9.79. The number of nitrogens with one attached hydrogen (secondary N) is 1. The molecule has 4 atom stereocenters. The van der Waals surface area contributed by atoms with Crippen LogP contribution in [0.2, 0.25) is 0 Å². The maximum Gasteiger partial charge on any atom is 0.0456 e. The maximum absolute atomic E-state index is 9.11. The van der Waals surface area contributed by atoms with Crippen LogP contribution in [0.25, 0.3) is 0 Å². The Morgan fingerprint density at radius 1 is 0.724 bits per heavy atom. The Bertz CT molecular complexity index is 344. The van der Waals surface area contributed by atoms with Gasteiger partial charge < -0.3 is 26.2 Å². The molecule has 0 aliphatic heterocycles. The Morgan fingerprint density at radius 3 is 1.69 bits per heavy atom. The van der Waals surface area contributed by atoms with Gasteiger partial charge in [-0.25, -0.2) is 0 Å². The van der Waals surface area contributed by atoms with E-state index in [0.29, 0.717) is 36.9 Å². The Hall–Kier alpha value is -0.200. The van der Waals surface area contributed by atoms with E-state index in [4.69, 9.17) is 15.9 Å². The van der Waals surface area contributed by atoms with E-state index in [1.54, 1.807) is 0 Å². The first kappa shape index (κ1) is 28.8. The highest BCUT2D eigenvalue weighted by molar-refractivity contribution is 4.67. The zero-order valence-electron chi connectivity index (χ0n) is 20.0. The van der Waals surface area contributed by atoms with Crippen molar-refractivity contribution in [2.24, 2.45) is 29.4 Å². The van der Waals surface area contributed by atoms with Gasteiger partial charge in [-0.2, -0.15) is 0 Å². The smallest absolute Gasteiger partial charge is 0.0456 e. The average molecular weight is 416 g/mol. The van der Waals surface area contributed by atoms with Crippen molar-refractivity contribution in [3.63, 3.8) is 0 Å². The molecule has 5 heteroatoms. The highest BCUT2D eigenvalue weighted by Gasteiger charge is 2.11. The van der Waals surface area contributed by atoms with Crippen molar-refractivity contribution in [2.75, 3.05) is 52.5 Å². The molecule has 0 aliphatic rings. The topological polar surface area (TPSA) is 81.8 Å². The number of nitrogens with two attached hydrogens (primary N) is 1. The molecule has 176 valence electrons. The number of aliphatic hydroxyl groups excluding tert-OH is 2. The summed E-state index contributed by atoms with van der Waals surface area (Å²) >= 11 is 0. The predicted molar refractivity (Wildman–Crippen MR) is 126 cm³/mol. The summed E-state index contributed by atoms with van der Waals surface area (Å²) in [5.74, 6) is 2.30. The normalized spacial score (nSPS) is 16.1. The summed E-state index contributed by atoms with van der Waals surface area (Å²) in [5, 5.41) is 21.8. The predicted octanol–water partition coefficient (Wildman–Crippen LogP) is 3.49. The molecule has 0 aliphatic carbocycles. The fourth-order valence-electron chi connectivity index (χ4n) is 3.85. The van der Waals surface area contributed by atoms with Gasteiger partial charge >= 0.3 is 0 Å². The van der Waals surface area contributed by atoms with Gasteiger partial charge in [0, 0.05) is 45.9 Å². The minimum Gasteiger partial charge on any atom is -0.396 e. The SMILES string of the molecule is CC(CO)CCCCC(C)CNCCN(CCN)CC(C)CCCCC(C)CO. The van der Waals surface area contributed by atoms with Crippen molar-refractivity contribution in [3.05, 3.63) is 0 Å². The van der Waals surface area contributed by atoms with Gasteiger partial charge in [0.05, 0.1) is 0 Å². The third kappa shape index (κ3) is 18.3. The highest BCUT2D eigenvalue weighted by Crippen LogP contribution is 2.14. The molecule has 29 heavy (non-hydrogen) atoms. The summed E-state index contributed by atoms with van der Waals surface area (Å²) in [6, 6.07) is 0. The lowest BCUT2D eigenvalue weighted by Gasteiger charge is -2.26. The molecule has 0 amide bonds. The van der Waals surface area contributed by atoms with Crippen molar-refractivity contribution in [1.82, 2.24) is 10.2 Å². The van der Waals surface area contributed by atoms with Crippen LogP contribution >= 0.6 is 0 Å². The molecule has 0 aromatic rings. The minimum absolute atomic E-state index is 0.314. The van der Waals surface area contributed by atoms with Crippen molar-refractivity contribution >= 4 is 0 Å². The van der Waals surface area contributed by atoms with Crippen molar-refractivity contribution < 1.29 is 10.2 Å². The molecule has 4 unspecified atom stereocenters. The van der Waals surface area contributed by atoms with Gasteiger partial charge in [-0.05, 0) is 55.9 Å². The zero-order valence-corrected chi connectivity index (χ0v) is 20.0. The fourth-order valence-corrected chi connectivity index (χ4v) is 3.85. The van der Waals surface area contributed by atoms with Crippen LogP contribution in [-0.4, -0.2) is 67.6 Å². The van der Waals surface area contributed by atoms with E-state index in [-0.39, 0.29) is 0 Å². The van der Waals surface area contributed by atoms with Crippen LogP contribution < -0.4 is 11.1 Å². The average Bonchev–Trinajstić information content (AvgIpc) is 2.71. The second-order valence-corrected chi connectivity index (χ2v) is 9.65. The monoisotopic (exact) mass is 415 g/mol. The number of hydrogen-bond donors (Lipinski definition) is 4. The van der Waals surface area contributed by atoms with Gasteiger partial charge in [-0.15, -0.1) is 0 Å². The van der Waals surface area contributed by atoms with Crippen molar-refractivity contribution in [2.45, 2.75) is 79.1 Å². The summed E-state index contributed by atoms with van der Waals surface area (Å²) < 4.78 is 0. The zero-order chi connectivity index (χ0) is 21.9. The lowest BCUT2D eigenvalue weighted by atomic mass is 9.99. The third-order valence-electron chi connectivity index (χ3n) is 6.02. The van der Waals surface area contributed by atoms with E-state index >= 15 is 0 Å². The molecule has 0 rings (SSSR count). The first-order valence-corrected chi connectivity index (χ1v) is 12.3. The summed E-state index contributed by atoms with van der Waals surface area (Å²) in [4.78, 5) is 2.51. The van der Waals surface area contributed by atoms with Crippen molar-refractivity contribution in [1.29, 1.82) is 0 Å². The summed E-state index contributed by atoms with van der Waals surface area (Å²) in [6.45, 7) is 15.6. The van der Waals surface area contributed by atoms with Crippen LogP contribution in [0.5, 0.6) is 0 Å². The van der Waals surface area contributed by atoms with Crippen LogP contribution in [0.15, 0.2) is 0 Å². The first-order valence-electron chi connectivity index (χ1n) is 12.3. The fraction of sp³-hybridized carbons (Fsp3) is 1.00. The molecule has 0 aromatic carbocycles. The molecule has 0 aromatic heterocycles.